The van der Waals surface area contributed by atoms with Crippen molar-refractivity contribution in [1.82, 2.24) is 0 Å². The van der Waals surface area contributed by atoms with Gasteiger partial charge >= 0.3 is 0 Å². The van der Waals surface area contributed by atoms with Gasteiger partial charge < -0.3 is 5.11 Å². The first-order valence-corrected chi connectivity index (χ1v) is 4.99. The number of nitrogens with zero attached hydrogens (tertiary/aromatic N) is 1. The van der Waals surface area contributed by atoms with Crippen molar-refractivity contribution in [3.05, 3.63) is 0 Å². The van der Waals surface area contributed by atoms with Gasteiger partial charge in [0.2, 0.25) is 0 Å². The summed E-state index contributed by atoms with van der Waals surface area (Å²) in [5, 5.41) is 17.4. The Morgan fingerprint density at radius 2 is 2.36 bits per heavy atom. The van der Waals surface area contributed by atoms with Crippen molar-refractivity contribution in [1.29, 1.82) is 5.26 Å². The molecule has 0 spiro atoms. The van der Waals surface area contributed by atoms with Gasteiger partial charge in [-0.2, -0.15) is 17.0 Å². The third-order valence-electron chi connectivity index (χ3n) is 1.43. The summed E-state index contributed by atoms with van der Waals surface area (Å²) in [7, 11) is 0. The molecule has 1 atom stereocenters. The largest absolute Gasteiger partial charge is 0.396 e. The van der Waals surface area contributed by atoms with Crippen molar-refractivity contribution in [2.75, 3.05) is 12.4 Å². The van der Waals surface area contributed by atoms with Crippen LogP contribution in [0.15, 0.2) is 0 Å². The first-order chi connectivity index (χ1) is 5.35. The molecule has 0 amide bonds. The molecule has 0 aromatic carbocycles. The fourth-order valence-corrected chi connectivity index (χ4v) is 1.79. The summed E-state index contributed by atoms with van der Waals surface area (Å²) in [4.78, 5) is 0. The minimum atomic E-state index is 0.260. The molecule has 0 aromatic rings. The van der Waals surface area contributed by atoms with E-state index in [4.69, 9.17) is 10.4 Å². The number of thioether (sulfide) groups is 1. The summed E-state index contributed by atoms with van der Waals surface area (Å²) in [6.45, 7) is 2.35. The van der Waals surface area contributed by atoms with Crippen LogP contribution >= 0.6 is 11.8 Å². The summed E-state index contributed by atoms with van der Waals surface area (Å²) in [5.41, 5.74) is 0. The first-order valence-electron chi connectivity index (χ1n) is 3.94. The van der Waals surface area contributed by atoms with E-state index in [1.165, 1.54) is 0 Å². The Balaban J connectivity index is 3.30. The molecular formula is C8H15NOS. The van der Waals surface area contributed by atoms with E-state index < -0.39 is 0 Å². The van der Waals surface area contributed by atoms with Crippen LogP contribution in [0.25, 0.3) is 0 Å². The number of aliphatic hydroxyl groups is 1. The van der Waals surface area contributed by atoms with Gasteiger partial charge in [-0.25, -0.2) is 0 Å². The van der Waals surface area contributed by atoms with Crippen LogP contribution in [0.2, 0.25) is 0 Å². The SMILES string of the molecule is CCC(CC#N)SCCCO. The molecule has 0 aliphatic carbocycles. The monoisotopic (exact) mass is 173 g/mol. The Kier molecular flexibility index (Phi) is 7.76. The van der Waals surface area contributed by atoms with Gasteiger partial charge in [0.15, 0.2) is 0 Å². The number of aliphatic hydroxyl groups excluding tert-OH is 1. The van der Waals surface area contributed by atoms with Crippen molar-refractivity contribution in [3.63, 3.8) is 0 Å². The van der Waals surface area contributed by atoms with Crippen LogP contribution in [-0.4, -0.2) is 22.7 Å². The molecule has 1 N–H and O–H groups in total. The third-order valence-corrected chi connectivity index (χ3v) is 2.93. The second-order valence-electron chi connectivity index (χ2n) is 2.34. The van der Waals surface area contributed by atoms with Gasteiger partial charge in [0.25, 0.3) is 0 Å². The highest BCUT2D eigenvalue weighted by molar-refractivity contribution is 7.99. The minimum Gasteiger partial charge on any atom is -0.396 e. The molecule has 11 heavy (non-hydrogen) atoms. The number of nitriles is 1. The third kappa shape index (κ3) is 6.21. The Hall–Kier alpha value is -0.200. The maximum absolute atomic E-state index is 8.50. The van der Waals surface area contributed by atoms with Crippen LogP contribution in [-0.2, 0) is 0 Å². The number of hydrogen-bond acceptors (Lipinski definition) is 3. The maximum atomic E-state index is 8.50. The van der Waals surface area contributed by atoms with Gasteiger partial charge in [-0.1, -0.05) is 6.92 Å². The van der Waals surface area contributed by atoms with Crippen molar-refractivity contribution in [2.24, 2.45) is 0 Å². The van der Waals surface area contributed by atoms with Crippen LogP contribution in [0.1, 0.15) is 26.2 Å². The predicted octanol–water partition coefficient (Wildman–Crippen LogP) is 1.79. The molecule has 0 aliphatic rings. The van der Waals surface area contributed by atoms with Crippen LogP contribution in [0, 0.1) is 11.3 Å². The molecule has 1 unspecified atom stereocenters. The smallest absolute Gasteiger partial charge is 0.0633 e. The van der Waals surface area contributed by atoms with E-state index in [1.54, 1.807) is 11.8 Å². The fraction of sp³-hybridized carbons (Fsp3) is 0.875. The highest BCUT2D eigenvalue weighted by Crippen LogP contribution is 2.17. The topological polar surface area (TPSA) is 44.0 Å². The van der Waals surface area contributed by atoms with Crippen LogP contribution in [0.5, 0.6) is 0 Å². The van der Waals surface area contributed by atoms with Gasteiger partial charge in [0.1, 0.15) is 0 Å². The highest BCUT2D eigenvalue weighted by atomic mass is 32.2. The molecule has 0 fully saturated rings. The van der Waals surface area contributed by atoms with Gasteiger partial charge in [-0.05, 0) is 18.6 Å². The summed E-state index contributed by atoms with van der Waals surface area (Å²) in [5.74, 6) is 0.969. The summed E-state index contributed by atoms with van der Waals surface area (Å²) in [6, 6.07) is 2.16. The van der Waals surface area contributed by atoms with Gasteiger partial charge in [-0.15, -0.1) is 0 Å². The fourth-order valence-electron chi connectivity index (χ4n) is 0.737. The molecule has 3 heteroatoms. The van der Waals surface area contributed by atoms with Crippen molar-refractivity contribution in [3.8, 4) is 6.07 Å². The van der Waals surface area contributed by atoms with E-state index in [0.29, 0.717) is 11.7 Å². The lowest BCUT2D eigenvalue weighted by atomic mass is 10.3. The summed E-state index contributed by atoms with van der Waals surface area (Å²) < 4.78 is 0. The molecule has 2 nitrogen and oxygen atoms in total. The Bertz CT molecular complexity index is 122. The van der Waals surface area contributed by atoms with Gasteiger partial charge in [-0.3, -0.25) is 0 Å². The zero-order valence-corrected chi connectivity index (χ0v) is 7.73. The second-order valence-corrected chi connectivity index (χ2v) is 3.75. The quantitative estimate of drug-likeness (QED) is 0.623. The molecule has 64 valence electrons. The van der Waals surface area contributed by atoms with Gasteiger partial charge in [0.05, 0.1) is 6.07 Å². The Morgan fingerprint density at radius 3 is 2.82 bits per heavy atom. The zero-order chi connectivity index (χ0) is 8.53. The molecule has 0 heterocycles. The standard InChI is InChI=1S/C8H15NOS/c1-2-8(4-5-9)11-7-3-6-10/h8,10H,2-4,6-7H2,1H3. The molecule has 0 aliphatic heterocycles. The second kappa shape index (κ2) is 7.90. The van der Waals surface area contributed by atoms with Gasteiger partial charge in [0, 0.05) is 18.3 Å². The number of rotatable bonds is 6. The van der Waals surface area contributed by atoms with Crippen molar-refractivity contribution < 1.29 is 5.11 Å². The summed E-state index contributed by atoms with van der Waals surface area (Å²) >= 11 is 1.79. The Morgan fingerprint density at radius 1 is 1.64 bits per heavy atom. The lowest BCUT2D eigenvalue weighted by molar-refractivity contribution is 0.296. The number of hydrogen-bond donors (Lipinski definition) is 1. The zero-order valence-electron chi connectivity index (χ0n) is 6.92. The normalized spacial score (nSPS) is 12.5. The Labute approximate surface area is 72.6 Å². The van der Waals surface area contributed by atoms with Crippen molar-refractivity contribution >= 4 is 11.8 Å². The average molecular weight is 173 g/mol. The molecule has 0 aromatic heterocycles. The van der Waals surface area contributed by atoms with E-state index in [1.807, 2.05) is 0 Å². The maximum Gasteiger partial charge on any atom is 0.0633 e. The molecular weight excluding hydrogens is 158 g/mol. The lowest BCUT2D eigenvalue weighted by Gasteiger charge is -2.08. The highest BCUT2D eigenvalue weighted by Gasteiger charge is 2.04. The predicted molar refractivity (Wildman–Crippen MR) is 48.5 cm³/mol. The van der Waals surface area contributed by atoms with E-state index in [2.05, 4.69) is 13.0 Å². The van der Waals surface area contributed by atoms with E-state index in [-0.39, 0.29) is 6.61 Å². The summed E-state index contributed by atoms with van der Waals surface area (Å²) in [6.07, 6.45) is 2.52. The molecule has 0 radical (unpaired) electrons. The van der Waals surface area contributed by atoms with E-state index >= 15 is 0 Å². The first kappa shape index (κ1) is 10.8. The molecule has 0 saturated heterocycles. The van der Waals surface area contributed by atoms with Crippen LogP contribution < -0.4 is 0 Å². The van der Waals surface area contributed by atoms with Crippen LogP contribution in [0.3, 0.4) is 0 Å². The molecule has 0 rings (SSSR count). The van der Waals surface area contributed by atoms with E-state index in [0.717, 1.165) is 18.6 Å². The van der Waals surface area contributed by atoms with E-state index in [9.17, 15) is 0 Å². The average Bonchev–Trinajstić information content (AvgIpc) is 2.03. The van der Waals surface area contributed by atoms with Crippen LogP contribution in [0.4, 0.5) is 0 Å². The minimum absolute atomic E-state index is 0.260. The van der Waals surface area contributed by atoms with Crippen molar-refractivity contribution in [2.45, 2.75) is 31.4 Å². The molecule has 0 bridgehead atoms. The lowest BCUT2D eigenvalue weighted by Crippen LogP contribution is -2.01. The molecule has 0 saturated carbocycles.